The van der Waals surface area contributed by atoms with Crippen molar-refractivity contribution in [1.29, 1.82) is 0 Å². The van der Waals surface area contributed by atoms with Gasteiger partial charge >= 0.3 is 0 Å². The van der Waals surface area contributed by atoms with Crippen molar-refractivity contribution in [2.75, 3.05) is 0 Å². The second-order valence-corrected chi connectivity index (χ2v) is 3.68. The van der Waals surface area contributed by atoms with Crippen LogP contribution in [0.15, 0.2) is 28.2 Å². The van der Waals surface area contributed by atoms with E-state index in [1.807, 2.05) is 17.5 Å². The third-order valence-electron chi connectivity index (χ3n) is 1.68. The third-order valence-corrected chi connectivity index (χ3v) is 2.54. The van der Waals surface area contributed by atoms with E-state index in [4.69, 9.17) is 4.42 Å². The molecule has 0 fully saturated rings. The molecule has 68 valence electrons. The van der Waals surface area contributed by atoms with Gasteiger partial charge in [-0.05, 0) is 18.4 Å². The summed E-state index contributed by atoms with van der Waals surface area (Å²) in [7, 11) is 0. The molecule has 2 aromatic heterocycles. The second kappa shape index (κ2) is 3.32. The van der Waals surface area contributed by atoms with Crippen LogP contribution in [0.3, 0.4) is 0 Å². The van der Waals surface area contributed by atoms with E-state index < -0.39 is 6.10 Å². The van der Waals surface area contributed by atoms with Crippen LogP contribution in [0.5, 0.6) is 0 Å². The van der Waals surface area contributed by atoms with Crippen LogP contribution in [0, 0.1) is 0 Å². The molecule has 0 aliphatic heterocycles. The Labute approximate surface area is 79.7 Å². The Hall–Kier alpha value is -1.13. The molecule has 0 bridgehead atoms. The van der Waals surface area contributed by atoms with Gasteiger partial charge in [0, 0.05) is 0 Å². The minimum Gasteiger partial charge on any atom is -0.443 e. The number of oxazole rings is 1. The summed E-state index contributed by atoms with van der Waals surface area (Å²) in [6.45, 7) is 1.66. The third kappa shape index (κ3) is 1.64. The van der Waals surface area contributed by atoms with Crippen molar-refractivity contribution in [2.24, 2.45) is 0 Å². The van der Waals surface area contributed by atoms with Crippen LogP contribution in [-0.2, 0) is 0 Å². The molecule has 2 aromatic rings. The van der Waals surface area contributed by atoms with Crippen LogP contribution in [0.1, 0.15) is 18.7 Å². The van der Waals surface area contributed by atoms with Gasteiger partial charge in [0.1, 0.15) is 12.0 Å². The average molecular weight is 195 g/mol. The van der Waals surface area contributed by atoms with Gasteiger partial charge in [-0.2, -0.15) is 0 Å². The van der Waals surface area contributed by atoms with Gasteiger partial charge < -0.3 is 9.52 Å². The molecule has 2 rings (SSSR count). The van der Waals surface area contributed by atoms with Crippen LogP contribution < -0.4 is 0 Å². The zero-order chi connectivity index (χ0) is 9.26. The second-order valence-electron chi connectivity index (χ2n) is 2.73. The lowest BCUT2D eigenvalue weighted by atomic mass is 10.3. The van der Waals surface area contributed by atoms with Gasteiger partial charge in [0.15, 0.2) is 0 Å². The first-order valence-electron chi connectivity index (χ1n) is 3.95. The first-order valence-corrected chi connectivity index (χ1v) is 4.82. The fourth-order valence-electron chi connectivity index (χ4n) is 0.991. The molecular formula is C9H9NO2S. The molecule has 0 saturated heterocycles. The van der Waals surface area contributed by atoms with E-state index in [1.54, 1.807) is 18.3 Å². The number of aliphatic hydroxyl groups excluding tert-OH is 1. The maximum Gasteiger partial charge on any atom is 0.236 e. The minimum absolute atomic E-state index is 0.572. The highest BCUT2D eigenvalue weighted by atomic mass is 32.1. The normalized spacial score (nSPS) is 13.1. The predicted molar refractivity (Wildman–Crippen MR) is 50.4 cm³/mol. The Morgan fingerprint density at radius 2 is 2.46 bits per heavy atom. The molecule has 1 N–H and O–H groups in total. The molecule has 13 heavy (non-hydrogen) atoms. The standard InChI is InChI=1S/C9H9NO2S/c1-6(11)7-5-12-9(10-7)8-3-2-4-13-8/h2-6,11H,1H3. The lowest BCUT2D eigenvalue weighted by Gasteiger charge is -1.93. The van der Waals surface area contributed by atoms with E-state index in [0.29, 0.717) is 11.6 Å². The molecule has 1 atom stereocenters. The molecule has 0 amide bonds. The van der Waals surface area contributed by atoms with Crippen LogP contribution in [0.25, 0.3) is 10.8 Å². The highest BCUT2D eigenvalue weighted by Crippen LogP contribution is 2.25. The van der Waals surface area contributed by atoms with Gasteiger partial charge in [-0.1, -0.05) is 6.07 Å². The van der Waals surface area contributed by atoms with Crippen molar-refractivity contribution >= 4 is 11.3 Å². The van der Waals surface area contributed by atoms with Gasteiger partial charge in [0.25, 0.3) is 0 Å². The Morgan fingerprint density at radius 1 is 1.62 bits per heavy atom. The first kappa shape index (κ1) is 8.47. The molecule has 0 aromatic carbocycles. The summed E-state index contributed by atoms with van der Waals surface area (Å²) in [5, 5.41) is 11.2. The minimum atomic E-state index is -0.572. The fraction of sp³-hybridized carbons (Fsp3) is 0.222. The number of nitrogens with zero attached hydrogens (tertiary/aromatic N) is 1. The zero-order valence-corrected chi connectivity index (χ0v) is 7.91. The maximum atomic E-state index is 9.22. The Morgan fingerprint density at radius 3 is 3.00 bits per heavy atom. The van der Waals surface area contributed by atoms with E-state index in [2.05, 4.69) is 4.98 Å². The quantitative estimate of drug-likeness (QED) is 0.800. The summed E-state index contributed by atoms with van der Waals surface area (Å²) >= 11 is 1.56. The molecule has 0 aliphatic rings. The predicted octanol–water partition coefficient (Wildman–Crippen LogP) is 2.46. The highest BCUT2D eigenvalue weighted by Gasteiger charge is 2.10. The summed E-state index contributed by atoms with van der Waals surface area (Å²) in [5.41, 5.74) is 0.573. The van der Waals surface area contributed by atoms with Crippen molar-refractivity contribution in [1.82, 2.24) is 4.98 Å². The van der Waals surface area contributed by atoms with E-state index in [-0.39, 0.29) is 0 Å². The number of aliphatic hydroxyl groups is 1. The lowest BCUT2D eigenvalue weighted by molar-refractivity contribution is 0.194. The average Bonchev–Trinajstić information content (AvgIpc) is 2.75. The van der Waals surface area contributed by atoms with Crippen LogP contribution >= 0.6 is 11.3 Å². The Balaban J connectivity index is 2.33. The van der Waals surface area contributed by atoms with Crippen molar-refractivity contribution in [3.8, 4) is 10.8 Å². The number of hydrogen-bond donors (Lipinski definition) is 1. The highest BCUT2D eigenvalue weighted by molar-refractivity contribution is 7.13. The zero-order valence-electron chi connectivity index (χ0n) is 7.10. The fourth-order valence-corrected chi connectivity index (χ4v) is 1.65. The molecule has 0 spiro atoms. The monoisotopic (exact) mass is 195 g/mol. The summed E-state index contributed by atoms with van der Waals surface area (Å²) in [6.07, 6.45) is 0.914. The summed E-state index contributed by atoms with van der Waals surface area (Å²) in [5.74, 6) is 0.575. The van der Waals surface area contributed by atoms with Crippen molar-refractivity contribution in [3.05, 3.63) is 29.5 Å². The van der Waals surface area contributed by atoms with E-state index in [0.717, 1.165) is 4.88 Å². The molecule has 0 aliphatic carbocycles. The van der Waals surface area contributed by atoms with Gasteiger partial charge in [0.05, 0.1) is 11.0 Å². The topological polar surface area (TPSA) is 46.3 Å². The van der Waals surface area contributed by atoms with Crippen LogP contribution in [-0.4, -0.2) is 10.1 Å². The van der Waals surface area contributed by atoms with Crippen molar-refractivity contribution in [3.63, 3.8) is 0 Å². The van der Waals surface area contributed by atoms with Crippen LogP contribution in [0.2, 0.25) is 0 Å². The number of hydrogen-bond acceptors (Lipinski definition) is 4. The molecule has 1 unspecified atom stereocenters. The van der Waals surface area contributed by atoms with Gasteiger partial charge in [-0.15, -0.1) is 11.3 Å². The largest absolute Gasteiger partial charge is 0.443 e. The van der Waals surface area contributed by atoms with E-state index in [9.17, 15) is 5.11 Å². The summed E-state index contributed by atoms with van der Waals surface area (Å²) < 4.78 is 5.21. The molecule has 2 heterocycles. The Kier molecular flexibility index (Phi) is 2.16. The smallest absolute Gasteiger partial charge is 0.236 e. The van der Waals surface area contributed by atoms with Crippen molar-refractivity contribution in [2.45, 2.75) is 13.0 Å². The number of aromatic nitrogens is 1. The summed E-state index contributed by atoms with van der Waals surface area (Å²) in [4.78, 5) is 5.12. The van der Waals surface area contributed by atoms with Gasteiger partial charge in [-0.25, -0.2) is 4.98 Å². The SMILES string of the molecule is CC(O)c1coc(-c2cccs2)n1. The first-order chi connectivity index (χ1) is 6.27. The number of thiophene rings is 1. The van der Waals surface area contributed by atoms with E-state index >= 15 is 0 Å². The van der Waals surface area contributed by atoms with Crippen LogP contribution in [0.4, 0.5) is 0 Å². The molecule has 3 nitrogen and oxygen atoms in total. The maximum absolute atomic E-state index is 9.22. The lowest BCUT2D eigenvalue weighted by Crippen LogP contribution is -1.89. The molecular weight excluding hydrogens is 186 g/mol. The Bertz CT molecular complexity index is 378. The van der Waals surface area contributed by atoms with Gasteiger partial charge in [0.2, 0.25) is 5.89 Å². The molecule has 0 saturated carbocycles. The summed E-state index contributed by atoms with van der Waals surface area (Å²) in [6, 6.07) is 3.87. The number of rotatable bonds is 2. The molecule has 4 heteroatoms. The van der Waals surface area contributed by atoms with Crippen molar-refractivity contribution < 1.29 is 9.52 Å². The van der Waals surface area contributed by atoms with E-state index in [1.165, 1.54) is 6.26 Å². The molecule has 0 radical (unpaired) electrons. The van der Waals surface area contributed by atoms with Gasteiger partial charge in [-0.3, -0.25) is 0 Å².